The number of fused-ring (bicyclic) bond motifs is 1. The molecular weight excluding hydrogens is 409 g/mol. The van der Waals surface area contributed by atoms with Crippen molar-refractivity contribution in [3.8, 4) is 0 Å². The summed E-state index contributed by atoms with van der Waals surface area (Å²) in [6.45, 7) is 3.48. The third-order valence-electron chi connectivity index (χ3n) is 4.88. The minimum atomic E-state index is -4.40. The normalized spacial score (nSPS) is 13.6. The van der Waals surface area contributed by atoms with Gasteiger partial charge < -0.3 is 15.6 Å². The Balaban J connectivity index is 1.47. The molecule has 0 aliphatic heterocycles. The van der Waals surface area contributed by atoms with Gasteiger partial charge in [0.05, 0.1) is 16.6 Å². The van der Waals surface area contributed by atoms with Gasteiger partial charge in [-0.05, 0) is 36.8 Å². The van der Waals surface area contributed by atoms with Crippen molar-refractivity contribution in [2.45, 2.75) is 44.9 Å². The van der Waals surface area contributed by atoms with Gasteiger partial charge in [0.1, 0.15) is 11.9 Å². The maximum absolute atomic E-state index is 12.6. The topological polar surface area (TPSA) is 86.9 Å². The number of carbonyl (C=O) groups excluding carboxylic acids is 2. The molecular formula is C22H23F3N4O2. The first-order chi connectivity index (χ1) is 14.6. The summed E-state index contributed by atoms with van der Waals surface area (Å²) in [5.41, 5.74) is 1.49. The lowest BCUT2D eigenvalue weighted by Crippen LogP contribution is -2.44. The Kier molecular flexibility index (Phi) is 6.62. The maximum Gasteiger partial charge on any atom is 0.416 e. The number of aromatic nitrogens is 2. The van der Waals surface area contributed by atoms with Crippen LogP contribution in [0.1, 0.15) is 43.1 Å². The van der Waals surface area contributed by atoms with Crippen molar-refractivity contribution >= 4 is 22.8 Å². The fourth-order valence-electron chi connectivity index (χ4n) is 3.10. The third-order valence-corrected chi connectivity index (χ3v) is 4.88. The number of alkyl halides is 3. The Labute approximate surface area is 177 Å². The summed E-state index contributed by atoms with van der Waals surface area (Å²) in [7, 11) is 0. The molecule has 1 aromatic heterocycles. The number of nitrogens with zero attached hydrogens (tertiary/aromatic N) is 1. The third kappa shape index (κ3) is 5.84. The highest BCUT2D eigenvalue weighted by Crippen LogP contribution is 2.29. The lowest BCUT2D eigenvalue weighted by atomic mass is 10.1. The van der Waals surface area contributed by atoms with E-state index in [1.54, 1.807) is 6.92 Å². The number of imidazole rings is 1. The molecule has 2 amide bonds. The van der Waals surface area contributed by atoms with Gasteiger partial charge in [-0.3, -0.25) is 9.59 Å². The number of carbonyl (C=O) groups is 2. The van der Waals surface area contributed by atoms with Gasteiger partial charge in [-0.2, -0.15) is 13.2 Å². The summed E-state index contributed by atoms with van der Waals surface area (Å²) < 4.78 is 37.8. The van der Waals surface area contributed by atoms with Gasteiger partial charge in [-0.15, -0.1) is 0 Å². The van der Waals surface area contributed by atoms with Gasteiger partial charge in [-0.1, -0.05) is 31.2 Å². The summed E-state index contributed by atoms with van der Waals surface area (Å²) >= 11 is 0. The molecule has 0 spiro atoms. The molecule has 0 aliphatic rings. The van der Waals surface area contributed by atoms with Crippen molar-refractivity contribution < 1.29 is 22.8 Å². The number of benzene rings is 2. The number of H-pyrrole nitrogens is 1. The van der Waals surface area contributed by atoms with Gasteiger partial charge in [0.15, 0.2) is 0 Å². The molecule has 0 fully saturated rings. The van der Waals surface area contributed by atoms with Crippen LogP contribution in [0.25, 0.3) is 11.0 Å². The molecule has 2 atom stereocenters. The molecule has 0 bridgehead atoms. The molecule has 0 saturated heterocycles. The number of hydrogen-bond acceptors (Lipinski definition) is 3. The van der Waals surface area contributed by atoms with Crippen molar-refractivity contribution in [3.63, 3.8) is 0 Å². The number of hydrogen-bond donors (Lipinski definition) is 3. The van der Waals surface area contributed by atoms with Crippen LogP contribution in [0.15, 0.2) is 48.5 Å². The molecule has 3 N–H and O–H groups in total. The van der Waals surface area contributed by atoms with Crippen LogP contribution in [0.5, 0.6) is 0 Å². The van der Waals surface area contributed by atoms with Gasteiger partial charge in [0.2, 0.25) is 11.8 Å². The number of para-hydroxylation sites is 2. The molecule has 1 heterocycles. The smallest absolute Gasteiger partial charge is 0.350 e. The zero-order valence-electron chi connectivity index (χ0n) is 17.1. The van der Waals surface area contributed by atoms with Crippen LogP contribution >= 0.6 is 0 Å². The van der Waals surface area contributed by atoms with Gasteiger partial charge in [0.25, 0.3) is 0 Å². The summed E-state index contributed by atoms with van der Waals surface area (Å²) in [6.07, 6.45) is -4.25. The van der Waals surface area contributed by atoms with Crippen LogP contribution in [-0.2, 0) is 22.3 Å². The Morgan fingerprint density at radius 3 is 2.39 bits per heavy atom. The van der Waals surface area contributed by atoms with Crippen molar-refractivity contribution in [1.82, 2.24) is 20.6 Å². The van der Waals surface area contributed by atoms with Crippen LogP contribution in [0, 0.1) is 0 Å². The van der Waals surface area contributed by atoms with E-state index in [9.17, 15) is 22.8 Å². The Morgan fingerprint density at radius 2 is 1.74 bits per heavy atom. The monoisotopic (exact) mass is 432 g/mol. The lowest BCUT2D eigenvalue weighted by Gasteiger charge is -2.16. The summed E-state index contributed by atoms with van der Waals surface area (Å²) in [6, 6.07) is 11.3. The second-order valence-corrected chi connectivity index (χ2v) is 7.45. The van der Waals surface area contributed by atoms with Crippen LogP contribution in [-0.4, -0.2) is 27.8 Å². The van der Waals surface area contributed by atoms with Crippen LogP contribution in [0.4, 0.5) is 13.2 Å². The average Bonchev–Trinajstić information content (AvgIpc) is 3.16. The minimum Gasteiger partial charge on any atom is -0.350 e. The van der Waals surface area contributed by atoms with E-state index < -0.39 is 23.7 Å². The SMILES string of the molecule is CC(NC(=O)CC(C)c1nc2ccccc2[nH]1)C(=O)NCc1ccc(C(F)(F)F)cc1. The van der Waals surface area contributed by atoms with Crippen molar-refractivity contribution in [3.05, 3.63) is 65.5 Å². The first-order valence-electron chi connectivity index (χ1n) is 9.81. The molecule has 0 saturated carbocycles. The van der Waals surface area contributed by atoms with E-state index in [1.165, 1.54) is 12.1 Å². The second kappa shape index (κ2) is 9.20. The Morgan fingerprint density at radius 1 is 1.06 bits per heavy atom. The molecule has 164 valence electrons. The molecule has 2 aromatic carbocycles. The Hall–Kier alpha value is -3.36. The highest BCUT2D eigenvalue weighted by Gasteiger charge is 2.30. The largest absolute Gasteiger partial charge is 0.416 e. The highest BCUT2D eigenvalue weighted by molar-refractivity contribution is 5.87. The van der Waals surface area contributed by atoms with Gasteiger partial charge in [0, 0.05) is 18.9 Å². The lowest BCUT2D eigenvalue weighted by molar-refractivity contribution is -0.137. The van der Waals surface area contributed by atoms with E-state index in [0.29, 0.717) is 11.4 Å². The number of aromatic amines is 1. The predicted octanol–water partition coefficient (Wildman–Crippen LogP) is 3.90. The molecule has 0 aliphatic carbocycles. The molecule has 2 unspecified atom stereocenters. The van der Waals surface area contributed by atoms with Crippen LogP contribution in [0.2, 0.25) is 0 Å². The van der Waals surface area contributed by atoms with E-state index in [0.717, 1.165) is 23.2 Å². The number of nitrogens with one attached hydrogen (secondary N) is 3. The van der Waals surface area contributed by atoms with Crippen LogP contribution in [0.3, 0.4) is 0 Å². The first-order valence-corrected chi connectivity index (χ1v) is 9.81. The first kappa shape index (κ1) is 22.3. The van der Waals surface area contributed by atoms with Crippen molar-refractivity contribution in [1.29, 1.82) is 0 Å². The number of rotatable bonds is 7. The minimum absolute atomic E-state index is 0.0621. The van der Waals surface area contributed by atoms with Crippen molar-refractivity contribution in [2.75, 3.05) is 0 Å². The van der Waals surface area contributed by atoms with Gasteiger partial charge >= 0.3 is 6.18 Å². The summed E-state index contributed by atoms with van der Waals surface area (Å²) in [5.74, 6) is -0.208. The Bertz CT molecular complexity index is 1030. The quantitative estimate of drug-likeness (QED) is 0.529. The van der Waals surface area contributed by atoms with E-state index >= 15 is 0 Å². The highest BCUT2D eigenvalue weighted by atomic mass is 19.4. The van der Waals surface area contributed by atoms with E-state index in [4.69, 9.17) is 0 Å². The maximum atomic E-state index is 12.6. The molecule has 31 heavy (non-hydrogen) atoms. The predicted molar refractivity (Wildman–Crippen MR) is 110 cm³/mol. The van der Waals surface area contributed by atoms with E-state index in [-0.39, 0.29) is 24.8 Å². The molecule has 0 radical (unpaired) electrons. The van der Waals surface area contributed by atoms with Crippen LogP contribution < -0.4 is 10.6 Å². The zero-order chi connectivity index (χ0) is 22.6. The number of halogens is 3. The molecule has 3 aromatic rings. The van der Waals surface area contributed by atoms with Gasteiger partial charge in [-0.25, -0.2) is 4.98 Å². The fraction of sp³-hybridized carbons (Fsp3) is 0.318. The standard InChI is InChI=1S/C22H23F3N4O2/c1-13(20-28-17-5-3-4-6-18(17)29-20)11-19(30)27-14(2)21(31)26-12-15-7-9-16(10-8-15)22(23,24)25/h3-10,13-14H,11-12H2,1-2H3,(H,26,31)(H,27,30)(H,28,29). The molecule has 3 rings (SSSR count). The average molecular weight is 432 g/mol. The fourth-order valence-corrected chi connectivity index (χ4v) is 3.10. The van der Waals surface area contributed by atoms with Crippen molar-refractivity contribution in [2.24, 2.45) is 0 Å². The second-order valence-electron chi connectivity index (χ2n) is 7.45. The molecule has 9 heteroatoms. The number of amides is 2. The molecule has 6 nitrogen and oxygen atoms in total. The van der Waals surface area contributed by atoms with E-state index in [1.807, 2.05) is 31.2 Å². The van der Waals surface area contributed by atoms with E-state index in [2.05, 4.69) is 20.6 Å². The zero-order valence-corrected chi connectivity index (χ0v) is 17.1. The summed E-state index contributed by atoms with van der Waals surface area (Å²) in [5, 5.41) is 5.25. The summed E-state index contributed by atoms with van der Waals surface area (Å²) in [4.78, 5) is 32.2.